The standard InChI is InChI=1S/C14H11ClS/c15-14-8-4-7-12(10-16)13(14)9-11-5-2-1-3-6-11/h1-8,10H,9H2. The number of rotatable bonds is 3. The van der Waals surface area contributed by atoms with Crippen molar-refractivity contribution in [3.8, 4) is 0 Å². The zero-order valence-electron chi connectivity index (χ0n) is 8.69. The Balaban J connectivity index is 2.38. The van der Waals surface area contributed by atoms with Crippen LogP contribution in [0, 0.1) is 0 Å². The van der Waals surface area contributed by atoms with Gasteiger partial charge in [-0.15, -0.1) is 0 Å². The largest absolute Gasteiger partial charge is 0.0881 e. The lowest BCUT2D eigenvalue weighted by molar-refractivity contribution is 1.19. The molecule has 0 heterocycles. The van der Waals surface area contributed by atoms with Gasteiger partial charge in [-0.25, -0.2) is 0 Å². The Bertz CT molecular complexity index is 491. The molecule has 0 aliphatic rings. The highest BCUT2D eigenvalue weighted by Gasteiger charge is 2.05. The van der Waals surface area contributed by atoms with E-state index in [9.17, 15) is 0 Å². The van der Waals surface area contributed by atoms with Crippen LogP contribution in [0.2, 0.25) is 5.02 Å². The SMILES string of the molecule is S=Cc1cccc(Cl)c1Cc1ccccc1. The number of halogens is 1. The molecule has 0 bridgehead atoms. The minimum Gasteiger partial charge on any atom is -0.0881 e. The third-order valence-corrected chi connectivity index (χ3v) is 3.11. The van der Waals surface area contributed by atoms with Gasteiger partial charge in [-0.3, -0.25) is 0 Å². The highest BCUT2D eigenvalue weighted by Crippen LogP contribution is 2.22. The van der Waals surface area contributed by atoms with E-state index in [2.05, 4.69) is 12.1 Å². The second-order valence-electron chi connectivity index (χ2n) is 3.59. The molecule has 0 fully saturated rings. The maximum absolute atomic E-state index is 6.19. The molecule has 0 atom stereocenters. The fourth-order valence-corrected chi connectivity index (χ4v) is 2.14. The van der Waals surface area contributed by atoms with Gasteiger partial charge in [-0.05, 0) is 29.2 Å². The van der Waals surface area contributed by atoms with Crippen LogP contribution in [0.25, 0.3) is 0 Å². The summed E-state index contributed by atoms with van der Waals surface area (Å²) in [6.07, 6.45) is 0.822. The van der Waals surface area contributed by atoms with E-state index in [-0.39, 0.29) is 0 Å². The summed E-state index contributed by atoms with van der Waals surface area (Å²) < 4.78 is 0. The lowest BCUT2D eigenvalue weighted by atomic mass is 10.0. The molecule has 0 aliphatic heterocycles. The van der Waals surface area contributed by atoms with Gasteiger partial charge in [-0.2, -0.15) is 0 Å². The first-order valence-corrected chi connectivity index (χ1v) is 5.92. The number of hydrogen-bond donors (Lipinski definition) is 0. The molecule has 0 saturated heterocycles. The van der Waals surface area contributed by atoms with Crippen molar-refractivity contribution in [3.05, 3.63) is 70.2 Å². The maximum Gasteiger partial charge on any atom is 0.0447 e. The van der Waals surface area contributed by atoms with Crippen LogP contribution < -0.4 is 0 Å². The van der Waals surface area contributed by atoms with Crippen LogP contribution in [-0.4, -0.2) is 5.37 Å². The molecule has 0 radical (unpaired) electrons. The zero-order chi connectivity index (χ0) is 11.4. The molecule has 16 heavy (non-hydrogen) atoms. The molecule has 0 unspecified atom stereocenters. The molecular weight excluding hydrogens is 236 g/mol. The Hall–Kier alpha value is -1.18. The molecule has 2 heteroatoms. The molecule has 0 spiro atoms. The minimum absolute atomic E-state index is 0.780. The fraction of sp³-hybridized carbons (Fsp3) is 0.0714. The molecule has 0 N–H and O–H groups in total. The van der Waals surface area contributed by atoms with Crippen LogP contribution in [0.5, 0.6) is 0 Å². The van der Waals surface area contributed by atoms with Gasteiger partial charge in [0.1, 0.15) is 0 Å². The van der Waals surface area contributed by atoms with E-state index in [0.717, 1.165) is 22.6 Å². The summed E-state index contributed by atoms with van der Waals surface area (Å²) >= 11 is 11.2. The van der Waals surface area contributed by atoms with Crippen molar-refractivity contribution in [2.24, 2.45) is 0 Å². The Morgan fingerprint density at radius 2 is 1.75 bits per heavy atom. The van der Waals surface area contributed by atoms with Crippen molar-refractivity contribution >= 4 is 29.2 Å². The third kappa shape index (κ3) is 2.49. The molecule has 2 aromatic rings. The Morgan fingerprint density at radius 3 is 2.44 bits per heavy atom. The van der Waals surface area contributed by atoms with Gasteiger partial charge in [0, 0.05) is 10.4 Å². The summed E-state index contributed by atoms with van der Waals surface area (Å²) in [5.74, 6) is 0. The van der Waals surface area contributed by atoms with Crippen LogP contribution in [0.4, 0.5) is 0 Å². The van der Waals surface area contributed by atoms with Crippen molar-refractivity contribution in [3.63, 3.8) is 0 Å². The van der Waals surface area contributed by atoms with Gasteiger partial charge in [0.2, 0.25) is 0 Å². The first-order chi connectivity index (χ1) is 7.81. The molecule has 80 valence electrons. The summed E-state index contributed by atoms with van der Waals surface area (Å²) in [6.45, 7) is 0. The Labute approximate surface area is 106 Å². The van der Waals surface area contributed by atoms with Crippen molar-refractivity contribution in [2.45, 2.75) is 6.42 Å². The molecule has 0 aromatic heterocycles. The average molecular weight is 247 g/mol. The molecule has 0 aliphatic carbocycles. The van der Waals surface area contributed by atoms with Crippen molar-refractivity contribution < 1.29 is 0 Å². The normalized spacial score (nSPS) is 10.1. The summed E-state index contributed by atoms with van der Waals surface area (Å²) in [6, 6.07) is 16.1. The summed E-state index contributed by atoms with van der Waals surface area (Å²) in [7, 11) is 0. The minimum atomic E-state index is 0.780. The van der Waals surface area contributed by atoms with Crippen LogP contribution in [0.1, 0.15) is 16.7 Å². The van der Waals surface area contributed by atoms with Gasteiger partial charge in [0.25, 0.3) is 0 Å². The lowest BCUT2D eigenvalue weighted by Crippen LogP contribution is -1.95. The van der Waals surface area contributed by atoms with E-state index in [1.165, 1.54) is 5.56 Å². The van der Waals surface area contributed by atoms with Crippen LogP contribution in [-0.2, 0) is 6.42 Å². The first-order valence-electron chi connectivity index (χ1n) is 5.08. The molecule has 0 saturated carbocycles. The average Bonchev–Trinajstić information content (AvgIpc) is 2.33. The second-order valence-corrected chi connectivity index (χ2v) is 4.23. The van der Waals surface area contributed by atoms with Gasteiger partial charge in [0.05, 0.1) is 0 Å². The maximum atomic E-state index is 6.19. The van der Waals surface area contributed by atoms with Crippen molar-refractivity contribution in [1.29, 1.82) is 0 Å². The van der Waals surface area contributed by atoms with E-state index in [1.54, 1.807) is 5.37 Å². The quantitative estimate of drug-likeness (QED) is 0.729. The van der Waals surface area contributed by atoms with Crippen molar-refractivity contribution in [2.75, 3.05) is 0 Å². The highest BCUT2D eigenvalue weighted by molar-refractivity contribution is 7.79. The van der Waals surface area contributed by atoms with E-state index >= 15 is 0 Å². The molecule has 0 amide bonds. The van der Waals surface area contributed by atoms with Crippen molar-refractivity contribution in [1.82, 2.24) is 0 Å². The Kier molecular flexibility index (Phi) is 3.70. The number of benzene rings is 2. The summed E-state index contributed by atoms with van der Waals surface area (Å²) in [5, 5.41) is 2.46. The number of thiocarbonyl (C=S) groups is 1. The molecule has 0 nitrogen and oxygen atoms in total. The highest BCUT2D eigenvalue weighted by atomic mass is 35.5. The van der Waals surface area contributed by atoms with Gasteiger partial charge >= 0.3 is 0 Å². The third-order valence-electron chi connectivity index (χ3n) is 2.51. The topological polar surface area (TPSA) is 0 Å². The van der Waals surface area contributed by atoms with E-state index in [1.807, 2.05) is 36.4 Å². The van der Waals surface area contributed by atoms with Crippen LogP contribution in [0.15, 0.2) is 48.5 Å². The van der Waals surface area contributed by atoms with Crippen LogP contribution >= 0.6 is 23.8 Å². The molecule has 2 aromatic carbocycles. The summed E-state index contributed by atoms with van der Waals surface area (Å²) in [5.41, 5.74) is 3.38. The second kappa shape index (κ2) is 5.24. The smallest absolute Gasteiger partial charge is 0.0447 e. The van der Waals surface area contributed by atoms with Gasteiger partial charge < -0.3 is 0 Å². The zero-order valence-corrected chi connectivity index (χ0v) is 10.3. The number of hydrogen-bond acceptors (Lipinski definition) is 1. The van der Waals surface area contributed by atoms with Gasteiger partial charge in [-0.1, -0.05) is 66.3 Å². The predicted molar refractivity (Wildman–Crippen MR) is 73.5 cm³/mol. The molecule has 2 rings (SSSR count). The van der Waals surface area contributed by atoms with E-state index < -0.39 is 0 Å². The predicted octanol–water partition coefficient (Wildman–Crippen LogP) is 4.28. The van der Waals surface area contributed by atoms with E-state index in [4.69, 9.17) is 23.8 Å². The first kappa shape index (κ1) is 11.3. The molecular formula is C14H11ClS. The fourth-order valence-electron chi connectivity index (χ4n) is 1.67. The lowest BCUT2D eigenvalue weighted by Gasteiger charge is -2.07. The van der Waals surface area contributed by atoms with Crippen LogP contribution in [0.3, 0.4) is 0 Å². The van der Waals surface area contributed by atoms with Gasteiger partial charge in [0.15, 0.2) is 0 Å². The Morgan fingerprint density at radius 1 is 1.00 bits per heavy atom. The summed E-state index contributed by atoms with van der Waals surface area (Å²) in [4.78, 5) is 0. The monoisotopic (exact) mass is 246 g/mol. The van der Waals surface area contributed by atoms with E-state index in [0.29, 0.717) is 0 Å².